The van der Waals surface area contributed by atoms with Crippen LogP contribution < -0.4 is 0 Å². The van der Waals surface area contributed by atoms with Gasteiger partial charge in [-0.25, -0.2) is 0 Å². The van der Waals surface area contributed by atoms with Gasteiger partial charge in [-0.1, -0.05) is 0 Å². The van der Waals surface area contributed by atoms with E-state index in [0.29, 0.717) is 0 Å². The summed E-state index contributed by atoms with van der Waals surface area (Å²) in [5, 5.41) is 0. The van der Waals surface area contributed by atoms with Crippen molar-refractivity contribution < 1.29 is 59.6 Å². The summed E-state index contributed by atoms with van der Waals surface area (Å²) in [6.45, 7) is 0. The van der Waals surface area contributed by atoms with Crippen LogP contribution in [0.25, 0.3) is 0 Å². The van der Waals surface area contributed by atoms with E-state index >= 15 is 0 Å². The first-order valence-corrected chi connectivity index (χ1v) is 1.68. The average Bonchev–Trinajstić information content (AvgIpc) is 0.918. The molecule has 2 nitrogen and oxygen atoms in total. The molecule has 2 radical (unpaired) electrons. The third-order valence-corrected chi connectivity index (χ3v) is 0. The first kappa shape index (κ1) is 16.2. The van der Waals surface area contributed by atoms with Gasteiger partial charge in [-0.2, -0.15) is 0 Å². The topological polar surface area (TPSA) is 34.1 Å². The quantitative estimate of drug-likeness (QED) is 0.498. The van der Waals surface area contributed by atoms with Crippen molar-refractivity contribution in [2.24, 2.45) is 0 Å². The molecular formula is CoMnO2Ti. The van der Waals surface area contributed by atoms with E-state index in [1.165, 1.54) is 0 Å². The van der Waals surface area contributed by atoms with Crippen LogP contribution in [0.3, 0.4) is 0 Å². The summed E-state index contributed by atoms with van der Waals surface area (Å²) in [7, 11) is 0. The van der Waals surface area contributed by atoms with E-state index in [9.17, 15) is 0 Å². The molecule has 0 aliphatic heterocycles. The van der Waals surface area contributed by atoms with Gasteiger partial charge in [-0.05, 0) is 0 Å². The zero-order valence-electron chi connectivity index (χ0n) is 2.03. The zero-order chi connectivity index (χ0) is 2.71. The fourth-order valence-electron chi connectivity index (χ4n) is 0. The van der Waals surface area contributed by atoms with Crippen LogP contribution in [0.15, 0.2) is 0 Å². The molecule has 5 heteroatoms. The Morgan fingerprint density at radius 1 is 1.20 bits per heavy atom. The number of rotatable bonds is 0. The standard InChI is InChI=1S/Co.Mn.2O.Ti. The van der Waals surface area contributed by atoms with Gasteiger partial charge in [0.25, 0.3) is 0 Å². The summed E-state index contributed by atoms with van der Waals surface area (Å²) in [6.07, 6.45) is 0. The van der Waals surface area contributed by atoms with Gasteiger partial charge in [0.05, 0.1) is 0 Å². The minimum atomic E-state index is -2.00. The fraction of sp³-hybridized carbons (Fsp3) is 0. The normalized spacial score (nSPS) is 1.60. The second-order valence-corrected chi connectivity index (χ2v) is 0.344. The van der Waals surface area contributed by atoms with Crippen molar-refractivity contribution >= 4 is 0 Å². The van der Waals surface area contributed by atoms with Crippen LogP contribution in [0.4, 0.5) is 0 Å². The van der Waals surface area contributed by atoms with E-state index in [0.717, 1.165) is 0 Å². The van der Waals surface area contributed by atoms with Crippen molar-refractivity contribution in [3.05, 3.63) is 0 Å². The molecule has 32 valence electrons. The fourth-order valence-corrected chi connectivity index (χ4v) is 0. The van der Waals surface area contributed by atoms with E-state index in [4.69, 9.17) is 6.65 Å². The molecule has 5 heavy (non-hydrogen) atoms. The van der Waals surface area contributed by atoms with Crippen LogP contribution in [0.1, 0.15) is 0 Å². The van der Waals surface area contributed by atoms with Gasteiger partial charge in [0.1, 0.15) is 0 Å². The zero-order valence-corrected chi connectivity index (χ0v) is 5.81. The first-order valence-electron chi connectivity index (χ1n) is 0.408. The monoisotopic (exact) mass is 194 g/mol. The molecule has 0 aromatic rings. The molecule has 0 atom stereocenters. The second-order valence-electron chi connectivity index (χ2n) is 0.0833. The third kappa shape index (κ3) is 33.2. The maximum atomic E-state index is 8.50. The molecule has 0 saturated heterocycles. The molecule has 0 saturated carbocycles. The van der Waals surface area contributed by atoms with E-state index in [1.807, 2.05) is 0 Å². The Labute approximate surface area is 59.3 Å². The van der Waals surface area contributed by atoms with Crippen molar-refractivity contribution in [3.63, 3.8) is 0 Å². The molecule has 0 rings (SSSR count). The van der Waals surface area contributed by atoms with Gasteiger partial charge in [-0.3, -0.25) is 0 Å². The Bertz CT molecular complexity index is 30.6. The summed E-state index contributed by atoms with van der Waals surface area (Å²) in [6, 6.07) is 0. The number of hydrogen-bond donors (Lipinski definition) is 0. The molecule has 0 amide bonds. The predicted molar refractivity (Wildman–Crippen MR) is 1.37 cm³/mol. The second kappa shape index (κ2) is 18.4. The van der Waals surface area contributed by atoms with Crippen molar-refractivity contribution in [2.75, 3.05) is 0 Å². The van der Waals surface area contributed by atoms with Gasteiger partial charge in [0.15, 0.2) is 0 Å². The van der Waals surface area contributed by atoms with Crippen molar-refractivity contribution in [1.82, 2.24) is 0 Å². The molecular weight excluding hydrogens is 194 g/mol. The Morgan fingerprint density at radius 3 is 1.20 bits per heavy atom. The summed E-state index contributed by atoms with van der Waals surface area (Å²) in [5.41, 5.74) is 0. The molecule has 0 fully saturated rings. The van der Waals surface area contributed by atoms with Crippen LogP contribution in [-0.4, -0.2) is 0 Å². The molecule has 0 aliphatic rings. The third-order valence-electron chi connectivity index (χ3n) is 0. The van der Waals surface area contributed by atoms with E-state index < -0.39 is 19.1 Å². The van der Waals surface area contributed by atoms with Crippen LogP contribution in [0.2, 0.25) is 0 Å². The SMILES string of the molecule is [Co].[Mn].[O]=[Ti]=[O]. The molecule has 0 aliphatic carbocycles. The predicted octanol–water partition coefficient (Wildman–Crippen LogP) is -0.245. The summed E-state index contributed by atoms with van der Waals surface area (Å²) in [4.78, 5) is 0. The van der Waals surface area contributed by atoms with Crippen molar-refractivity contribution in [2.45, 2.75) is 0 Å². The van der Waals surface area contributed by atoms with Crippen LogP contribution in [-0.2, 0) is 59.6 Å². The summed E-state index contributed by atoms with van der Waals surface area (Å²) in [5.74, 6) is 0. The van der Waals surface area contributed by atoms with Crippen LogP contribution >= 0.6 is 0 Å². The Kier molecular flexibility index (Phi) is 59.5. The molecule has 0 heterocycles. The maximum absolute atomic E-state index is 8.50. The summed E-state index contributed by atoms with van der Waals surface area (Å²) >= 11 is -2.00. The van der Waals surface area contributed by atoms with E-state index in [1.54, 1.807) is 0 Å². The minimum absolute atomic E-state index is 0. The van der Waals surface area contributed by atoms with Gasteiger partial charge in [-0.15, -0.1) is 0 Å². The average molecular weight is 194 g/mol. The van der Waals surface area contributed by atoms with Crippen LogP contribution in [0, 0.1) is 0 Å². The van der Waals surface area contributed by atoms with E-state index in [-0.39, 0.29) is 33.8 Å². The van der Waals surface area contributed by atoms with Crippen LogP contribution in [0.5, 0.6) is 0 Å². The molecule has 0 bridgehead atoms. The summed E-state index contributed by atoms with van der Waals surface area (Å²) < 4.78 is 17.0. The number of hydrogen-bond acceptors (Lipinski definition) is 2. The first-order chi connectivity index (χ1) is 1.41. The van der Waals surface area contributed by atoms with Crippen molar-refractivity contribution in [3.8, 4) is 0 Å². The van der Waals surface area contributed by atoms with Gasteiger partial charge >= 0.3 is 25.7 Å². The Balaban J connectivity index is -0.0000000200. The Morgan fingerprint density at radius 2 is 1.20 bits per heavy atom. The van der Waals surface area contributed by atoms with Crippen molar-refractivity contribution in [1.29, 1.82) is 0 Å². The van der Waals surface area contributed by atoms with Gasteiger partial charge < -0.3 is 0 Å². The molecule has 0 N–H and O–H groups in total. The molecule has 0 aromatic carbocycles. The molecule has 0 aromatic heterocycles. The van der Waals surface area contributed by atoms with Gasteiger partial charge in [0, 0.05) is 33.8 Å². The Hall–Kier alpha value is 1.34. The van der Waals surface area contributed by atoms with Gasteiger partial charge in [0.2, 0.25) is 0 Å². The molecule has 0 unspecified atom stereocenters. The van der Waals surface area contributed by atoms with E-state index in [2.05, 4.69) is 0 Å². The molecule has 0 spiro atoms.